The Kier molecular flexibility index (Phi) is 4.03. The van der Waals surface area contributed by atoms with Crippen molar-refractivity contribution in [3.63, 3.8) is 0 Å². The van der Waals surface area contributed by atoms with Crippen molar-refractivity contribution in [1.82, 2.24) is 8.52 Å². The molecule has 0 saturated carbocycles. The van der Waals surface area contributed by atoms with Crippen LogP contribution in [0.1, 0.15) is 0 Å². The van der Waals surface area contributed by atoms with Gasteiger partial charge in [0.15, 0.2) is 0 Å². The van der Waals surface area contributed by atoms with Gasteiger partial charge in [0.1, 0.15) is 11.5 Å². The average Bonchev–Trinajstić information content (AvgIpc) is 2.89. The largest absolute Gasteiger partial charge is 0.497 e. The van der Waals surface area contributed by atoms with Crippen LogP contribution >= 0.6 is 11.5 Å². The van der Waals surface area contributed by atoms with E-state index >= 15 is 0 Å². The molecule has 0 unspecified atom stereocenters. The normalized spacial score (nSPS) is 10.5. The predicted octanol–water partition coefficient (Wildman–Crippen LogP) is 2.07. The standard InChI is InChI=1S/C16H14N2O4S/c1-21-13-7-3-11(4-8-13)17-15(19)18(23-16(17)20)12-5-9-14(22-2)10-6-12/h3-10H,1-2H3. The van der Waals surface area contributed by atoms with Crippen molar-refractivity contribution in [1.29, 1.82) is 0 Å². The zero-order chi connectivity index (χ0) is 16.4. The summed E-state index contributed by atoms with van der Waals surface area (Å²) in [7, 11) is 3.13. The molecule has 3 rings (SSSR count). The first-order valence-electron chi connectivity index (χ1n) is 6.78. The quantitative estimate of drug-likeness (QED) is 0.735. The second-order valence-corrected chi connectivity index (χ2v) is 5.56. The number of aromatic nitrogens is 2. The van der Waals surface area contributed by atoms with E-state index in [-0.39, 0.29) is 4.87 Å². The van der Waals surface area contributed by atoms with Crippen LogP contribution in [0, 0.1) is 0 Å². The molecule has 0 N–H and O–H groups in total. The van der Waals surface area contributed by atoms with Crippen molar-refractivity contribution in [2.45, 2.75) is 0 Å². The van der Waals surface area contributed by atoms with Crippen LogP contribution in [0.2, 0.25) is 0 Å². The van der Waals surface area contributed by atoms with Crippen LogP contribution in [0.4, 0.5) is 0 Å². The van der Waals surface area contributed by atoms with Gasteiger partial charge < -0.3 is 9.47 Å². The summed E-state index contributed by atoms with van der Waals surface area (Å²) in [4.78, 5) is 24.4. The first kappa shape index (κ1) is 15.1. The highest BCUT2D eigenvalue weighted by Gasteiger charge is 2.13. The van der Waals surface area contributed by atoms with Crippen LogP contribution in [-0.4, -0.2) is 22.7 Å². The Labute approximate surface area is 135 Å². The van der Waals surface area contributed by atoms with Crippen molar-refractivity contribution >= 4 is 11.5 Å². The van der Waals surface area contributed by atoms with Gasteiger partial charge in [-0.15, -0.1) is 0 Å². The lowest BCUT2D eigenvalue weighted by Gasteiger charge is -2.03. The molecule has 0 aliphatic heterocycles. The summed E-state index contributed by atoms with van der Waals surface area (Å²) in [5.74, 6) is 1.34. The third-order valence-corrected chi connectivity index (χ3v) is 4.24. The smallest absolute Gasteiger partial charge is 0.350 e. The van der Waals surface area contributed by atoms with E-state index in [1.54, 1.807) is 62.8 Å². The lowest BCUT2D eigenvalue weighted by Crippen LogP contribution is -2.26. The van der Waals surface area contributed by atoms with E-state index in [1.165, 1.54) is 3.96 Å². The molecule has 23 heavy (non-hydrogen) atoms. The maximum Gasteiger partial charge on any atom is 0.350 e. The van der Waals surface area contributed by atoms with Crippen molar-refractivity contribution in [2.75, 3.05) is 14.2 Å². The van der Waals surface area contributed by atoms with Crippen LogP contribution in [0.25, 0.3) is 11.4 Å². The van der Waals surface area contributed by atoms with Crippen LogP contribution < -0.4 is 20.0 Å². The van der Waals surface area contributed by atoms with Gasteiger partial charge in [-0.2, -0.15) is 0 Å². The van der Waals surface area contributed by atoms with Gasteiger partial charge in [-0.3, -0.25) is 4.79 Å². The van der Waals surface area contributed by atoms with Gasteiger partial charge in [0, 0.05) is 11.5 Å². The average molecular weight is 330 g/mol. The Bertz CT molecular complexity index is 920. The van der Waals surface area contributed by atoms with Crippen LogP contribution in [0.3, 0.4) is 0 Å². The highest BCUT2D eigenvalue weighted by atomic mass is 32.1. The lowest BCUT2D eigenvalue weighted by atomic mass is 10.3. The minimum absolute atomic E-state index is 0.351. The first-order valence-corrected chi connectivity index (χ1v) is 7.55. The highest BCUT2D eigenvalue weighted by Crippen LogP contribution is 2.16. The van der Waals surface area contributed by atoms with Crippen molar-refractivity contribution in [3.8, 4) is 22.9 Å². The summed E-state index contributed by atoms with van der Waals surface area (Å²) in [6.07, 6.45) is 0. The molecule has 0 aliphatic rings. The summed E-state index contributed by atoms with van der Waals surface area (Å²) < 4.78 is 12.7. The Morgan fingerprint density at radius 2 is 1.26 bits per heavy atom. The van der Waals surface area contributed by atoms with Gasteiger partial charge in [0.25, 0.3) is 0 Å². The minimum Gasteiger partial charge on any atom is -0.497 e. The van der Waals surface area contributed by atoms with E-state index in [2.05, 4.69) is 0 Å². The number of ether oxygens (including phenoxy) is 2. The molecule has 0 fully saturated rings. The van der Waals surface area contributed by atoms with Gasteiger partial charge in [-0.05, 0) is 48.5 Å². The molecular weight excluding hydrogens is 316 g/mol. The summed E-state index contributed by atoms with van der Waals surface area (Å²) in [5, 5.41) is 0. The summed E-state index contributed by atoms with van der Waals surface area (Å²) in [6.45, 7) is 0. The first-order chi connectivity index (χ1) is 11.1. The summed E-state index contributed by atoms with van der Waals surface area (Å²) >= 11 is 0.852. The molecule has 1 aromatic heterocycles. The van der Waals surface area contributed by atoms with Crippen LogP contribution in [-0.2, 0) is 0 Å². The van der Waals surface area contributed by atoms with E-state index in [4.69, 9.17) is 9.47 Å². The zero-order valence-corrected chi connectivity index (χ0v) is 13.4. The molecule has 1 heterocycles. The molecular formula is C16H14N2O4S. The third-order valence-electron chi connectivity index (χ3n) is 3.35. The molecule has 0 saturated heterocycles. The Morgan fingerprint density at radius 3 is 1.74 bits per heavy atom. The molecule has 0 amide bonds. The number of benzene rings is 2. The Morgan fingerprint density at radius 1 is 0.783 bits per heavy atom. The van der Waals surface area contributed by atoms with Gasteiger partial charge in [0.05, 0.1) is 25.6 Å². The molecule has 0 atom stereocenters. The molecule has 3 aromatic rings. The van der Waals surface area contributed by atoms with Gasteiger partial charge in [-0.25, -0.2) is 13.3 Å². The maximum atomic E-state index is 12.6. The van der Waals surface area contributed by atoms with Gasteiger partial charge in [-0.1, -0.05) is 0 Å². The lowest BCUT2D eigenvalue weighted by molar-refractivity contribution is 0.414. The van der Waals surface area contributed by atoms with Crippen LogP contribution in [0.15, 0.2) is 58.1 Å². The Hall–Kier alpha value is -2.80. The highest BCUT2D eigenvalue weighted by molar-refractivity contribution is 7.03. The second kappa shape index (κ2) is 6.13. The maximum absolute atomic E-state index is 12.6. The number of hydrogen-bond acceptors (Lipinski definition) is 5. The fraction of sp³-hybridized carbons (Fsp3) is 0.125. The number of rotatable bonds is 4. The summed E-state index contributed by atoms with van der Waals surface area (Å²) in [6, 6.07) is 13.7. The van der Waals surface area contributed by atoms with E-state index in [1.807, 2.05) is 0 Å². The van der Waals surface area contributed by atoms with Crippen LogP contribution in [0.5, 0.6) is 11.5 Å². The summed E-state index contributed by atoms with van der Waals surface area (Å²) in [5.41, 5.74) is 0.713. The minimum atomic E-state index is -0.407. The van der Waals surface area contributed by atoms with Crippen molar-refractivity contribution in [2.24, 2.45) is 0 Å². The topological polar surface area (TPSA) is 62.5 Å². The van der Waals surface area contributed by atoms with Gasteiger partial charge >= 0.3 is 10.6 Å². The van der Waals surface area contributed by atoms with E-state index in [0.717, 1.165) is 16.1 Å². The van der Waals surface area contributed by atoms with Crippen molar-refractivity contribution < 1.29 is 9.47 Å². The number of methoxy groups -OCH3 is 2. The van der Waals surface area contributed by atoms with E-state index in [0.29, 0.717) is 22.9 Å². The molecule has 2 aromatic carbocycles. The third kappa shape index (κ3) is 2.78. The molecule has 0 aliphatic carbocycles. The molecule has 7 heteroatoms. The fourth-order valence-electron chi connectivity index (χ4n) is 2.15. The second-order valence-electron chi connectivity index (χ2n) is 4.67. The monoisotopic (exact) mass is 330 g/mol. The number of nitrogens with zero attached hydrogens (tertiary/aromatic N) is 2. The Balaban J connectivity index is 2.08. The molecule has 6 nitrogen and oxygen atoms in total. The fourth-order valence-corrected chi connectivity index (χ4v) is 2.96. The molecule has 0 spiro atoms. The van der Waals surface area contributed by atoms with E-state index < -0.39 is 5.69 Å². The predicted molar refractivity (Wildman–Crippen MR) is 88.6 cm³/mol. The van der Waals surface area contributed by atoms with Crippen molar-refractivity contribution in [3.05, 3.63) is 68.7 Å². The number of hydrogen-bond donors (Lipinski definition) is 0. The van der Waals surface area contributed by atoms with Gasteiger partial charge in [0.2, 0.25) is 0 Å². The molecule has 118 valence electrons. The molecule has 0 radical (unpaired) electrons. The SMILES string of the molecule is COc1ccc(-n2sc(=O)n(-c3ccc(OC)cc3)c2=O)cc1. The zero-order valence-electron chi connectivity index (χ0n) is 12.6. The molecule has 0 bridgehead atoms. The van der Waals surface area contributed by atoms with E-state index in [9.17, 15) is 9.59 Å².